The summed E-state index contributed by atoms with van der Waals surface area (Å²) in [5.74, 6) is -0.409. The van der Waals surface area contributed by atoms with Gasteiger partial charge in [-0.2, -0.15) is 4.31 Å². The van der Waals surface area contributed by atoms with Crippen molar-refractivity contribution in [1.29, 1.82) is 0 Å². The molecule has 0 atom stereocenters. The molecule has 2 aromatic rings. The lowest BCUT2D eigenvalue weighted by Crippen LogP contribution is -2.50. The molecule has 0 unspecified atom stereocenters. The minimum Gasteiger partial charge on any atom is -0.335 e. The van der Waals surface area contributed by atoms with E-state index in [4.69, 9.17) is 0 Å². The highest BCUT2D eigenvalue weighted by atomic mass is 32.2. The third-order valence-electron chi connectivity index (χ3n) is 4.59. The third kappa shape index (κ3) is 4.06. The normalized spacial score (nSPS) is 15.4. The number of carbonyl (C=O) groups is 3. The van der Waals surface area contributed by atoms with E-state index in [1.807, 2.05) is 0 Å². The van der Waals surface area contributed by atoms with Crippen LogP contribution in [0.5, 0.6) is 0 Å². The van der Waals surface area contributed by atoms with Gasteiger partial charge in [-0.25, -0.2) is 8.42 Å². The molecule has 0 N–H and O–H groups in total. The van der Waals surface area contributed by atoms with Crippen molar-refractivity contribution in [1.82, 2.24) is 9.21 Å². The van der Waals surface area contributed by atoms with Crippen molar-refractivity contribution < 1.29 is 22.8 Å². The van der Waals surface area contributed by atoms with Crippen molar-refractivity contribution in [3.05, 3.63) is 51.7 Å². The number of rotatable bonds is 5. The van der Waals surface area contributed by atoms with Crippen LogP contribution >= 0.6 is 11.3 Å². The number of hydrogen-bond acceptors (Lipinski definition) is 6. The fourth-order valence-electron chi connectivity index (χ4n) is 2.94. The van der Waals surface area contributed by atoms with Crippen LogP contribution in [0.3, 0.4) is 0 Å². The van der Waals surface area contributed by atoms with E-state index in [2.05, 4.69) is 0 Å². The Morgan fingerprint density at radius 3 is 1.89 bits per heavy atom. The number of ketones is 2. The van der Waals surface area contributed by atoms with E-state index in [-0.39, 0.29) is 48.5 Å². The summed E-state index contributed by atoms with van der Waals surface area (Å²) < 4.78 is 26.9. The van der Waals surface area contributed by atoms with E-state index in [0.717, 1.165) is 11.3 Å². The number of amides is 1. The first kappa shape index (κ1) is 20.4. The van der Waals surface area contributed by atoms with Crippen LogP contribution in [0.15, 0.2) is 41.3 Å². The van der Waals surface area contributed by atoms with Crippen LogP contribution in [0.2, 0.25) is 0 Å². The van der Waals surface area contributed by atoms with Gasteiger partial charge in [0.05, 0.1) is 14.6 Å². The molecular weight excluding hydrogens is 400 g/mol. The fourth-order valence-corrected chi connectivity index (χ4v) is 5.23. The van der Waals surface area contributed by atoms with Gasteiger partial charge < -0.3 is 4.90 Å². The monoisotopic (exact) mass is 420 g/mol. The average molecular weight is 421 g/mol. The van der Waals surface area contributed by atoms with Crippen molar-refractivity contribution in [2.75, 3.05) is 26.2 Å². The molecule has 0 radical (unpaired) electrons. The minimum atomic E-state index is -3.68. The lowest BCUT2D eigenvalue weighted by Gasteiger charge is -2.33. The summed E-state index contributed by atoms with van der Waals surface area (Å²) in [5.41, 5.74) is 0.454. The molecule has 0 bridgehead atoms. The summed E-state index contributed by atoms with van der Waals surface area (Å²) in [7, 11) is -3.68. The second-order valence-electron chi connectivity index (χ2n) is 6.50. The maximum absolute atomic E-state index is 12.8. The molecule has 1 amide bonds. The molecule has 3 rings (SSSR count). The number of thiophene rings is 1. The molecule has 0 saturated carbocycles. The van der Waals surface area contributed by atoms with Gasteiger partial charge in [-0.3, -0.25) is 14.4 Å². The van der Waals surface area contributed by atoms with Crippen molar-refractivity contribution in [3.63, 3.8) is 0 Å². The summed E-state index contributed by atoms with van der Waals surface area (Å²) in [4.78, 5) is 38.1. The summed E-state index contributed by atoms with van der Waals surface area (Å²) in [5, 5.41) is 0. The molecule has 1 saturated heterocycles. The van der Waals surface area contributed by atoms with Crippen LogP contribution < -0.4 is 0 Å². The Morgan fingerprint density at radius 2 is 1.39 bits per heavy atom. The molecule has 28 heavy (non-hydrogen) atoms. The summed E-state index contributed by atoms with van der Waals surface area (Å²) in [6.45, 7) is 3.80. The molecule has 1 aliphatic rings. The van der Waals surface area contributed by atoms with E-state index < -0.39 is 10.0 Å². The summed E-state index contributed by atoms with van der Waals surface area (Å²) in [6.07, 6.45) is 0. The van der Waals surface area contributed by atoms with Gasteiger partial charge in [-0.05, 0) is 38.1 Å². The van der Waals surface area contributed by atoms with Crippen LogP contribution in [0.25, 0.3) is 0 Å². The molecule has 1 fully saturated rings. The SMILES string of the molecule is CC(=O)c1ccc(S(=O)(=O)N2CCN(C(=O)c3ccc(C(C)=O)s3)CC2)cc1. The highest BCUT2D eigenvalue weighted by Crippen LogP contribution is 2.22. The van der Waals surface area contributed by atoms with Crippen LogP contribution in [-0.2, 0) is 10.0 Å². The molecule has 1 aromatic heterocycles. The topological polar surface area (TPSA) is 91.8 Å². The Balaban J connectivity index is 1.67. The first-order valence-electron chi connectivity index (χ1n) is 8.71. The lowest BCUT2D eigenvalue weighted by molar-refractivity contribution is 0.0702. The molecule has 0 spiro atoms. The van der Waals surface area contributed by atoms with Gasteiger partial charge in [0, 0.05) is 31.7 Å². The Kier molecular flexibility index (Phi) is 5.78. The van der Waals surface area contributed by atoms with Gasteiger partial charge in [0.25, 0.3) is 5.91 Å². The Hall–Kier alpha value is -2.36. The first-order valence-corrected chi connectivity index (χ1v) is 11.0. The van der Waals surface area contributed by atoms with E-state index >= 15 is 0 Å². The van der Waals surface area contributed by atoms with Crippen molar-refractivity contribution in [2.45, 2.75) is 18.7 Å². The van der Waals surface area contributed by atoms with E-state index in [1.165, 1.54) is 42.4 Å². The van der Waals surface area contributed by atoms with E-state index in [1.54, 1.807) is 17.0 Å². The van der Waals surface area contributed by atoms with Crippen molar-refractivity contribution in [2.24, 2.45) is 0 Å². The molecule has 1 aliphatic heterocycles. The largest absolute Gasteiger partial charge is 0.335 e. The first-order chi connectivity index (χ1) is 13.2. The molecule has 7 nitrogen and oxygen atoms in total. The second-order valence-corrected chi connectivity index (χ2v) is 9.52. The molecule has 1 aromatic carbocycles. The number of hydrogen-bond donors (Lipinski definition) is 0. The predicted molar refractivity (Wildman–Crippen MR) is 105 cm³/mol. The third-order valence-corrected chi connectivity index (χ3v) is 7.68. The Labute approximate surface area is 167 Å². The number of carbonyl (C=O) groups excluding carboxylic acids is 3. The van der Waals surface area contributed by atoms with Crippen molar-refractivity contribution in [3.8, 4) is 0 Å². The minimum absolute atomic E-state index is 0.0873. The van der Waals surface area contributed by atoms with Gasteiger partial charge in [0.1, 0.15) is 0 Å². The van der Waals surface area contributed by atoms with Gasteiger partial charge in [0.2, 0.25) is 10.0 Å². The average Bonchev–Trinajstić information content (AvgIpc) is 3.18. The smallest absolute Gasteiger partial charge is 0.264 e. The van der Waals surface area contributed by atoms with Crippen LogP contribution in [-0.4, -0.2) is 61.3 Å². The number of benzene rings is 1. The maximum Gasteiger partial charge on any atom is 0.264 e. The number of Topliss-reactive ketones (excluding diaryl/α,β-unsaturated/α-hetero) is 2. The zero-order valence-electron chi connectivity index (χ0n) is 15.5. The van der Waals surface area contributed by atoms with Gasteiger partial charge in [-0.1, -0.05) is 12.1 Å². The molecule has 2 heterocycles. The van der Waals surface area contributed by atoms with Crippen LogP contribution in [0.1, 0.15) is 43.5 Å². The van der Waals surface area contributed by atoms with Gasteiger partial charge in [-0.15, -0.1) is 11.3 Å². The predicted octanol–water partition coefficient (Wildman–Crippen LogP) is 2.30. The zero-order chi connectivity index (χ0) is 20.5. The molecular formula is C19H20N2O5S2. The number of sulfonamides is 1. The molecule has 148 valence electrons. The van der Waals surface area contributed by atoms with Crippen LogP contribution in [0.4, 0.5) is 0 Å². The van der Waals surface area contributed by atoms with Crippen molar-refractivity contribution >= 4 is 38.8 Å². The van der Waals surface area contributed by atoms with Gasteiger partial charge >= 0.3 is 0 Å². The van der Waals surface area contributed by atoms with Gasteiger partial charge in [0.15, 0.2) is 11.6 Å². The Bertz CT molecular complexity index is 1020. The highest BCUT2D eigenvalue weighted by molar-refractivity contribution is 7.89. The highest BCUT2D eigenvalue weighted by Gasteiger charge is 2.31. The number of nitrogens with zero attached hydrogens (tertiary/aromatic N) is 2. The number of piperazine rings is 1. The summed E-state index contributed by atoms with van der Waals surface area (Å²) in [6, 6.07) is 9.11. The fraction of sp³-hybridized carbons (Fsp3) is 0.316. The van der Waals surface area contributed by atoms with E-state index in [0.29, 0.717) is 15.3 Å². The molecule has 9 heteroatoms. The maximum atomic E-state index is 12.8. The zero-order valence-corrected chi connectivity index (χ0v) is 17.2. The standard InChI is InChI=1S/C19H20N2O5S2/c1-13(22)15-3-5-16(6-4-15)28(25,26)21-11-9-20(10-12-21)19(24)18-8-7-17(27-18)14(2)23/h3-8H,9-12H2,1-2H3. The molecule has 0 aliphatic carbocycles. The van der Waals surface area contributed by atoms with E-state index in [9.17, 15) is 22.8 Å². The van der Waals surface area contributed by atoms with Crippen LogP contribution in [0, 0.1) is 0 Å². The lowest BCUT2D eigenvalue weighted by atomic mass is 10.2. The quantitative estimate of drug-likeness (QED) is 0.692. The summed E-state index contributed by atoms with van der Waals surface area (Å²) >= 11 is 1.15. The Morgan fingerprint density at radius 1 is 0.821 bits per heavy atom. The second kappa shape index (κ2) is 7.94.